The minimum absolute atomic E-state index is 0.0193. The quantitative estimate of drug-likeness (QED) is 0.463. The molecule has 0 fully saturated rings. The second-order valence-electron chi connectivity index (χ2n) is 5.99. The molecule has 0 unspecified atom stereocenters. The van der Waals surface area contributed by atoms with Crippen molar-refractivity contribution in [3.63, 3.8) is 0 Å². The Balaban J connectivity index is 2.80. The largest absolute Gasteiger partial charge is 0.418 e. The normalized spacial score (nSPS) is 13.6. The van der Waals surface area contributed by atoms with E-state index in [-0.39, 0.29) is 11.1 Å². The van der Waals surface area contributed by atoms with Gasteiger partial charge in [0.2, 0.25) is 0 Å². The van der Waals surface area contributed by atoms with Gasteiger partial charge >= 0.3 is 6.18 Å². The van der Waals surface area contributed by atoms with E-state index in [1.807, 2.05) is 13.0 Å². The topological polar surface area (TPSA) is 33.2 Å². The van der Waals surface area contributed by atoms with Crippen LogP contribution >= 0.6 is 0 Å². The summed E-state index contributed by atoms with van der Waals surface area (Å²) < 4.78 is 40.4. The SMILES string of the molecule is C/C(C(=CN(C)C)C(F)(F)F)=C(/C=O)c1ccc(C)c2cccnc12. The number of aryl methyl sites for hydroxylation is 1. The van der Waals surface area contributed by atoms with Crippen molar-refractivity contribution in [1.29, 1.82) is 0 Å². The lowest BCUT2D eigenvalue weighted by molar-refractivity contribution is -0.103. The fourth-order valence-electron chi connectivity index (χ4n) is 2.67. The first-order valence-electron chi connectivity index (χ1n) is 7.63. The van der Waals surface area contributed by atoms with Crippen molar-refractivity contribution in [2.45, 2.75) is 20.0 Å². The first-order chi connectivity index (χ1) is 11.7. The lowest BCUT2D eigenvalue weighted by Gasteiger charge is -2.18. The average Bonchev–Trinajstić information content (AvgIpc) is 2.54. The van der Waals surface area contributed by atoms with Gasteiger partial charge in [0, 0.05) is 43.0 Å². The molecule has 0 aliphatic rings. The van der Waals surface area contributed by atoms with Gasteiger partial charge in [-0.05, 0) is 31.1 Å². The highest BCUT2D eigenvalue weighted by molar-refractivity contribution is 6.14. The van der Waals surface area contributed by atoms with E-state index in [9.17, 15) is 18.0 Å². The van der Waals surface area contributed by atoms with Crippen LogP contribution in [-0.2, 0) is 4.79 Å². The van der Waals surface area contributed by atoms with Crippen LogP contribution in [0.5, 0.6) is 0 Å². The van der Waals surface area contributed by atoms with E-state index in [0.29, 0.717) is 17.4 Å². The predicted octanol–water partition coefficient (Wildman–Crippen LogP) is 4.52. The second kappa shape index (κ2) is 7.09. The number of hydrogen-bond donors (Lipinski definition) is 0. The molecule has 0 saturated carbocycles. The molecule has 0 bridgehead atoms. The van der Waals surface area contributed by atoms with Gasteiger partial charge in [0.1, 0.15) is 0 Å². The molecule has 1 aromatic carbocycles. The average molecular weight is 348 g/mol. The Morgan fingerprint density at radius 1 is 1.20 bits per heavy atom. The molecule has 0 amide bonds. The Labute approximate surface area is 144 Å². The highest BCUT2D eigenvalue weighted by Gasteiger charge is 2.36. The molecular weight excluding hydrogens is 329 g/mol. The predicted molar refractivity (Wildman–Crippen MR) is 93.0 cm³/mol. The summed E-state index contributed by atoms with van der Waals surface area (Å²) in [4.78, 5) is 17.3. The van der Waals surface area contributed by atoms with Crippen molar-refractivity contribution < 1.29 is 18.0 Å². The van der Waals surface area contributed by atoms with Crippen LogP contribution in [0.1, 0.15) is 18.1 Å². The maximum atomic E-state index is 13.5. The van der Waals surface area contributed by atoms with Crippen LogP contribution < -0.4 is 0 Å². The van der Waals surface area contributed by atoms with Crippen LogP contribution in [0.25, 0.3) is 16.5 Å². The summed E-state index contributed by atoms with van der Waals surface area (Å²) in [5, 5.41) is 0.803. The van der Waals surface area contributed by atoms with E-state index in [4.69, 9.17) is 0 Å². The van der Waals surface area contributed by atoms with Gasteiger partial charge in [-0.25, -0.2) is 0 Å². The smallest absolute Gasteiger partial charge is 0.383 e. The molecule has 1 heterocycles. The first kappa shape index (κ1) is 18.7. The number of pyridine rings is 1. The Hall–Kier alpha value is -2.63. The fourth-order valence-corrected chi connectivity index (χ4v) is 2.67. The molecule has 3 nitrogen and oxygen atoms in total. The molecule has 1 aromatic heterocycles. The van der Waals surface area contributed by atoms with Crippen molar-refractivity contribution in [3.05, 3.63) is 58.9 Å². The minimum atomic E-state index is -4.57. The summed E-state index contributed by atoms with van der Waals surface area (Å²) in [7, 11) is 3.00. The Morgan fingerprint density at radius 2 is 1.88 bits per heavy atom. The highest BCUT2D eigenvalue weighted by Crippen LogP contribution is 2.36. The zero-order valence-corrected chi connectivity index (χ0v) is 14.5. The number of fused-ring (bicyclic) bond motifs is 1. The number of rotatable bonds is 4. The van der Waals surface area contributed by atoms with Gasteiger partial charge in [0.25, 0.3) is 0 Å². The number of aromatic nitrogens is 1. The number of carbonyl (C=O) groups excluding carboxylic acids is 1. The standard InChI is InChI=1S/C19H19F3N2O/c1-12-7-8-15(18-14(12)6-5-9-23-18)16(11-25)13(2)17(10-24(3)4)19(20,21)22/h5-11H,1-4H3/b16-13+,17-10?. The number of nitrogens with zero attached hydrogens (tertiary/aromatic N) is 2. The number of aldehydes is 1. The number of allylic oxidation sites excluding steroid dienone is 3. The molecule has 0 aliphatic heterocycles. The molecular formula is C19H19F3N2O. The van der Waals surface area contributed by atoms with E-state index >= 15 is 0 Å². The summed E-state index contributed by atoms with van der Waals surface area (Å²) in [5.74, 6) is 0. The highest BCUT2D eigenvalue weighted by atomic mass is 19.4. The lowest BCUT2D eigenvalue weighted by Crippen LogP contribution is -2.18. The van der Waals surface area contributed by atoms with Gasteiger partial charge in [-0.15, -0.1) is 0 Å². The van der Waals surface area contributed by atoms with E-state index in [1.165, 1.54) is 25.9 Å². The third-order valence-electron chi connectivity index (χ3n) is 3.90. The molecule has 0 N–H and O–H groups in total. The fraction of sp³-hybridized carbons (Fsp3) is 0.263. The van der Waals surface area contributed by atoms with Crippen molar-refractivity contribution >= 4 is 22.8 Å². The lowest BCUT2D eigenvalue weighted by atomic mass is 9.93. The minimum Gasteiger partial charge on any atom is -0.383 e. The van der Waals surface area contributed by atoms with Gasteiger partial charge in [0.05, 0.1) is 11.1 Å². The van der Waals surface area contributed by atoms with Crippen molar-refractivity contribution in [2.24, 2.45) is 0 Å². The molecule has 0 radical (unpaired) electrons. The summed E-state index contributed by atoms with van der Waals surface area (Å²) in [5.41, 5.74) is 0.831. The van der Waals surface area contributed by atoms with Crippen LogP contribution in [0.2, 0.25) is 0 Å². The summed E-state index contributed by atoms with van der Waals surface area (Å²) in [6.45, 7) is 3.19. The van der Waals surface area contributed by atoms with Gasteiger partial charge < -0.3 is 4.90 Å². The zero-order valence-electron chi connectivity index (χ0n) is 14.5. The van der Waals surface area contributed by atoms with Crippen LogP contribution in [0, 0.1) is 6.92 Å². The van der Waals surface area contributed by atoms with Crippen molar-refractivity contribution in [1.82, 2.24) is 9.88 Å². The Bertz CT molecular complexity index is 865. The second-order valence-corrected chi connectivity index (χ2v) is 5.99. The Kier molecular flexibility index (Phi) is 5.30. The summed E-state index contributed by atoms with van der Waals surface area (Å²) >= 11 is 0. The van der Waals surface area contributed by atoms with Crippen LogP contribution in [-0.4, -0.2) is 36.4 Å². The molecule has 0 saturated heterocycles. The number of benzene rings is 1. The van der Waals surface area contributed by atoms with E-state index in [0.717, 1.165) is 17.1 Å². The summed E-state index contributed by atoms with van der Waals surface area (Å²) in [6, 6.07) is 7.00. The molecule has 6 heteroatoms. The Morgan fingerprint density at radius 3 is 2.44 bits per heavy atom. The van der Waals surface area contributed by atoms with Crippen molar-refractivity contribution in [2.75, 3.05) is 14.1 Å². The van der Waals surface area contributed by atoms with Crippen LogP contribution in [0.15, 0.2) is 47.8 Å². The van der Waals surface area contributed by atoms with Crippen LogP contribution in [0.3, 0.4) is 0 Å². The van der Waals surface area contributed by atoms with Gasteiger partial charge in [-0.1, -0.05) is 18.2 Å². The van der Waals surface area contributed by atoms with Gasteiger partial charge in [-0.2, -0.15) is 13.2 Å². The van der Waals surface area contributed by atoms with Crippen molar-refractivity contribution in [3.8, 4) is 0 Å². The molecule has 25 heavy (non-hydrogen) atoms. The molecule has 2 rings (SSSR count). The van der Waals surface area contributed by atoms with E-state index in [1.54, 1.807) is 24.4 Å². The van der Waals surface area contributed by atoms with E-state index < -0.39 is 11.7 Å². The molecule has 0 aliphatic carbocycles. The number of alkyl halides is 3. The van der Waals surface area contributed by atoms with Gasteiger partial charge in [-0.3, -0.25) is 9.78 Å². The number of carbonyl (C=O) groups is 1. The zero-order chi connectivity index (χ0) is 18.8. The summed E-state index contributed by atoms with van der Waals surface area (Å²) in [6.07, 6.45) is -1.58. The molecule has 132 valence electrons. The maximum absolute atomic E-state index is 13.5. The van der Waals surface area contributed by atoms with Crippen LogP contribution in [0.4, 0.5) is 13.2 Å². The third-order valence-corrected chi connectivity index (χ3v) is 3.90. The molecule has 2 aromatic rings. The van der Waals surface area contributed by atoms with Gasteiger partial charge in [0.15, 0.2) is 6.29 Å². The third kappa shape index (κ3) is 3.90. The van der Waals surface area contributed by atoms with E-state index in [2.05, 4.69) is 4.98 Å². The number of halogens is 3. The molecule has 0 spiro atoms. The number of hydrogen-bond acceptors (Lipinski definition) is 3. The maximum Gasteiger partial charge on any atom is 0.418 e. The monoisotopic (exact) mass is 348 g/mol. The molecule has 0 atom stereocenters. The first-order valence-corrected chi connectivity index (χ1v) is 7.63.